The first kappa shape index (κ1) is 21.4. The van der Waals surface area contributed by atoms with Gasteiger partial charge in [0.25, 0.3) is 0 Å². The van der Waals surface area contributed by atoms with Crippen LogP contribution < -0.4 is 11.1 Å². The zero-order valence-electron chi connectivity index (χ0n) is 16.2. The van der Waals surface area contributed by atoms with Gasteiger partial charge in [-0.2, -0.15) is 13.2 Å². The first-order chi connectivity index (χ1) is 13.5. The van der Waals surface area contributed by atoms with Crippen molar-refractivity contribution in [1.82, 2.24) is 19.9 Å². The number of anilines is 2. The molecule has 3 N–H and O–H groups in total. The van der Waals surface area contributed by atoms with Gasteiger partial charge in [-0.05, 0) is 26.7 Å². The zero-order valence-corrected chi connectivity index (χ0v) is 17.0. The molecule has 3 rings (SSSR count). The van der Waals surface area contributed by atoms with E-state index >= 15 is 0 Å². The molecule has 3 heterocycles. The van der Waals surface area contributed by atoms with Gasteiger partial charge >= 0.3 is 6.18 Å². The van der Waals surface area contributed by atoms with Gasteiger partial charge in [0.2, 0.25) is 5.91 Å². The van der Waals surface area contributed by atoms with Gasteiger partial charge in [0.05, 0.1) is 23.9 Å². The van der Waals surface area contributed by atoms with Crippen molar-refractivity contribution in [2.24, 2.45) is 5.73 Å². The van der Waals surface area contributed by atoms with E-state index < -0.39 is 18.1 Å². The molecule has 0 saturated carbocycles. The van der Waals surface area contributed by atoms with Gasteiger partial charge in [0.1, 0.15) is 0 Å². The summed E-state index contributed by atoms with van der Waals surface area (Å²) >= 11 is 0.936. The number of alkyl halides is 3. The SMILES string of the molecule is CC(C)(N)C(=O)N1CCC(c2cncc(Nc3ncc(CC(F)(F)F)s3)n2)CC1. The fourth-order valence-corrected chi connectivity index (χ4v) is 4.03. The Bertz CT molecular complexity index is 856. The summed E-state index contributed by atoms with van der Waals surface area (Å²) in [6, 6.07) is 0. The van der Waals surface area contributed by atoms with Gasteiger partial charge in [-0.25, -0.2) is 9.97 Å². The maximum atomic E-state index is 12.5. The highest BCUT2D eigenvalue weighted by atomic mass is 32.1. The van der Waals surface area contributed by atoms with Crippen LogP contribution in [0.25, 0.3) is 0 Å². The zero-order chi connectivity index (χ0) is 21.2. The van der Waals surface area contributed by atoms with E-state index in [0.29, 0.717) is 24.0 Å². The maximum Gasteiger partial charge on any atom is 0.393 e. The first-order valence-corrected chi connectivity index (χ1v) is 10.0. The molecule has 2 aromatic heterocycles. The average molecular weight is 428 g/mol. The summed E-state index contributed by atoms with van der Waals surface area (Å²) in [6.45, 7) is 4.58. The standard InChI is InChI=1S/C18H23F3N6OS/c1-17(2,22)15(28)27-5-3-11(4-6-27)13-9-23-10-14(25-13)26-16-24-8-12(29-16)7-18(19,20)21/h8-11H,3-7,22H2,1-2H3,(H,24,25,26). The molecule has 11 heteroatoms. The number of halogens is 3. The van der Waals surface area contributed by atoms with Crippen LogP contribution in [0, 0.1) is 0 Å². The van der Waals surface area contributed by atoms with E-state index in [0.717, 1.165) is 29.9 Å². The van der Waals surface area contributed by atoms with E-state index in [1.807, 2.05) is 0 Å². The van der Waals surface area contributed by atoms with E-state index in [2.05, 4.69) is 20.3 Å². The van der Waals surface area contributed by atoms with Gasteiger partial charge in [0.15, 0.2) is 10.9 Å². The number of nitrogens with two attached hydrogens (primary N) is 1. The molecule has 0 atom stereocenters. The first-order valence-electron chi connectivity index (χ1n) is 9.20. The minimum Gasteiger partial charge on any atom is -0.341 e. The molecule has 0 unspecified atom stereocenters. The van der Waals surface area contributed by atoms with Gasteiger partial charge in [-0.15, -0.1) is 11.3 Å². The van der Waals surface area contributed by atoms with E-state index in [-0.39, 0.29) is 16.7 Å². The molecule has 0 bridgehead atoms. The Morgan fingerprint density at radius 3 is 2.59 bits per heavy atom. The molecule has 0 aromatic carbocycles. The van der Waals surface area contributed by atoms with Crippen molar-refractivity contribution >= 4 is 28.2 Å². The molecule has 1 amide bonds. The predicted octanol–water partition coefficient (Wildman–Crippen LogP) is 3.22. The van der Waals surface area contributed by atoms with E-state index in [9.17, 15) is 18.0 Å². The van der Waals surface area contributed by atoms with Crippen LogP contribution in [-0.2, 0) is 11.2 Å². The molecule has 0 radical (unpaired) electrons. The summed E-state index contributed by atoms with van der Waals surface area (Å²) in [5.41, 5.74) is 5.78. The number of likely N-dealkylation sites (tertiary alicyclic amines) is 1. The molecule has 158 valence electrons. The lowest BCUT2D eigenvalue weighted by Gasteiger charge is -2.35. The molecule has 0 spiro atoms. The van der Waals surface area contributed by atoms with Gasteiger partial charge in [-0.1, -0.05) is 0 Å². The maximum absolute atomic E-state index is 12.5. The number of rotatable bonds is 5. The van der Waals surface area contributed by atoms with E-state index in [1.165, 1.54) is 12.4 Å². The number of carbonyl (C=O) groups excluding carboxylic acids is 1. The molecule has 1 aliphatic rings. The number of hydrogen-bond acceptors (Lipinski definition) is 7. The van der Waals surface area contributed by atoms with Crippen LogP contribution in [0.15, 0.2) is 18.6 Å². The second-order valence-corrected chi connectivity index (χ2v) is 8.78. The average Bonchev–Trinajstić information content (AvgIpc) is 3.05. The Morgan fingerprint density at radius 2 is 1.97 bits per heavy atom. The Balaban J connectivity index is 1.61. The number of nitrogens with zero attached hydrogens (tertiary/aromatic N) is 4. The minimum absolute atomic E-state index is 0.0733. The number of amides is 1. The van der Waals surface area contributed by atoms with Crippen LogP contribution >= 0.6 is 11.3 Å². The molecule has 29 heavy (non-hydrogen) atoms. The monoisotopic (exact) mass is 428 g/mol. The smallest absolute Gasteiger partial charge is 0.341 e. The van der Waals surface area contributed by atoms with E-state index in [4.69, 9.17) is 5.73 Å². The molecule has 1 fully saturated rings. The predicted molar refractivity (Wildman–Crippen MR) is 104 cm³/mol. The molecule has 2 aromatic rings. The van der Waals surface area contributed by atoms with Crippen LogP contribution in [0.2, 0.25) is 0 Å². The van der Waals surface area contributed by atoms with Crippen LogP contribution in [0.4, 0.5) is 24.1 Å². The number of nitrogens with one attached hydrogen (secondary N) is 1. The molecule has 1 saturated heterocycles. The molecule has 0 aliphatic carbocycles. The Labute approximate surface area is 170 Å². The summed E-state index contributed by atoms with van der Waals surface area (Å²) in [6.07, 6.45) is 0.609. The van der Waals surface area contributed by atoms with Crippen molar-refractivity contribution in [3.63, 3.8) is 0 Å². The molecule has 7 nitrogen and oxygen atoms in total. The largest absolute Gasteiger partial charge is 0.393 e. The highest BCUT2D eigenvalue weighted by molar-refractivity contribution is 7.15. The topological polar surface area (TPSA) is 97.0 Å². The van der Waals surface area contributed by atoms with Crippen LogP contribution in [0.1, 0.15) is 43.2 Å². The Morgan fingerprint density at radius 1 is 1.28 bits per heavy atom. The summed E-state index contributed by atoms with van der Waals surface area (Å²) in [5, 5.41) is 3.26. The fraction of sp³-hybridized carbons (Fsp3) is 0.556. The second-order valence-electron chi connectivity index (χ2n) is 7.67. The van der Waals surface area contributed by atoms with Crippen molar-refractivity contribution in [3.05, 3.63) is 29.2 Å². The van der Waals surface area contributed by atoms with Crippen molar-refractivity contribution in [3.8, 4) is 0 Å². The summed E-state index contributed by atoms with van der Waals surface area (Å²) in [5.74, 6) is 0.499. The molecule has 1 aliphatic heterocycles. The number of thiazole rings is 1. The van der Waals surface area contributed by atoms with Gasteiger partial charge < -0.3 is 16.0 Å². The van der Waals surface area contributed by atoms with Crippen LogP contribution in [0.5, 0.6) is 0 Å². The Kier molecular flexibility index (Phi) is 6.08. The van der Waals surface area contributed by atoms with Crippen LogP contribution in [-0.4, -0.2) is 50.6 Å². The fourth-order valence-electron chi connectivity index (χ4n) is 3.18. The quantitative estimate of drug-likeness (QED) is 0.759. The van der Waals surface area contributed by atoms with Gasteiger partial charge in [-0.3, -0.25) is 9.78 Å². The lowest BCUT2D eigenvalue weighted by atomic mass is 9.92. The van der Waals surface area contributed by atoms with E-state index in [1.54, 1.807) is 24.9 Å². The highest BCUT2D eigenvalue weighted by Gasteiger charge is 2.32. The van der Waals surface area contributed by atoms with Crippen molar-refractivity contribution in [1.29, 1.82) is 0 Å². The number of carbonyl (C=O) groups is 1. The summed E-state index contributed by atoms with van der Waals surface area (Å²) in [7, 11) is 0. The molecular formula is C18H23F3N6OS. The lowest BCUT2D eigenvalue weighted by molar-refractivity contribution is -0.136. The normalized spacial score (nSPS) is 16.1. The second kappa shape index (κ2) is 8.23. The minimum atomic E-state index is -4.26. The van der Waals surface area contributed by atoms with Crippen molar-refractivity contribution in [2.45, 2.75) is 50.7 Å². The number of piperidine rings is 1. The van der Waals surface area contributed by atoms with Crippen molar-refractivity contribution in [2.75, 3.05) is 18.4 Å². The third kappa shape index (κ3) is 5.86. The number of aromatic nitrogens is 3. The van der Waals surface area contributed by atoms with Crippen LogP contribution in [0.3, 0.4) is 0 Å². The highest BCUT2D eigenvalue weighted by Crippen LogP contribution is 2.30. The third-order valence-corrected chi connectivity index (χ3v) is 5.48. The van der Waals surface area contributed by atoms with Crippen molar-refractivity contribution < 1.29 is 18.0 Å². The van der Waals surface area contributed by atoms with Gasteiger partial charge in [0, 0.05) is 36.3 Å². The third-order valence-electron chi connectivity index (χ3n) is 4.57. The lowest BCUT2D eigenvalue weighted by Crippen LogP contribution is -2.53. The summed E-state index contributed by atoms with van der Waals surface area (Å²) < 4.78 is 37.5. The summed E-state index contributed by atoms with van der Waals surface area (Å²) in [4.78, 5) is 26.9. The Hall–Kier alpha value is -2.27. The molecular weight excluding hydrogens is 405 g/mol. The number of hydrogen-bond donors (Lipinski definition) is 2.